The molecule has 0 fully saturated rings. The lowest BCUT2D eigenvalue weighted by molar-refractivity contribution is 0.982. The van der Waals surface area contributed by atoms with Crippen LogP contribution in [0.1, 0.15) is 53.4 Å². The highest BCUT2D eigenvalue weighted by Gasteiger charge is 1.96. The smallest absolute Gasteiger partial charge is 0.0782 e. The van der Waals surface area contributed by atoms with Crippen molar-refractivity contribution < 1.29 is 0 Å². The van der Waals surface area contributed by atoms with Crippen LogP contribution in [0.2, 0.25) is 0 Å². The number of benzene rings is 1. The largest absolute Gasteiger partial charge is 0.0969 e. The van der Waals surface area contributed by atoms with Crippen LogP contribution in [0.25, 0.3) is 0 Å². The molecular weight excluding hydrogens is 272 g/mol. The summed E-state index contributed by atoms with van der Waals surface area (Å²) in [4.78, 5) is 0. The molecular formula is C18H30Si2. The predicted molar refractivity (Wildman–Crippen MR) is 100 cm³/mol. The van der Waals surface area contributed by atoms with Crippen molar-refractivity contribution >= 4 is 29.4 Å². The molecule has 0 aliphatic carbocycles. The molecule has 0 aliphatic rings. The summed E-state index contributed by atoms with van der Waals surface area (Å²) >= 11 is 0. The minimum absolute atomic E-state index is 0.197. The van der Waals surface area contributed by atoms with E-state index < -0.39 is 0 Å². The predicted octanol–water partition coefficient (Wildman–Crippen LogP) is 2.68. The standard InChI is InChI=1S/C18H30Si2/c1-5-15(6-2)13-19-17-9-11-18(12-10-17)20-14-16(7-3)8-4/h9-14H,5-8,19-20H2,1-4H3. The van der Waals surface area contributed by atoms with Crippen molar-refractivity contribution in [1.82, 2.24) is 0 Å². The molecule has 0 nitrogen and oxygen atoms in total. The highest BCUT2D eigenvalue weighted by atomic mass is 28.2. The van der Waals surface area contributed by atoms with Crippen LogP contribution in [0.3, 0.4) is 0 Å². The van der Waals surface area contributed by atoms with Gasteiger partial charge in [-0.2, -0.15) is 0 Å². The van der Waals surface area contributed by atoms with Gasteiger partial charge in [0.1, 0.15) is 0 Å². The van der Waals surface area contributed by atoms with Crippen LogP contribution in [0.15, 0.2) is 46.8 Å². The highest BCUT2D eigenvalue weighted by Crippen LogP contribution is 2.04. The Kier molecular flexibility index (Phi) is 8.55. The first-order chi connectivity index (χ1) is 9.73. The van der Waals surface area contributed by atoms with Gasteiger partial charge in [0.25, 0.3) is 0 Å². The van der Waals surface area contributed by atoms with Crippen molar-refractivity contribution in [2.45, 2.75) is 53.4 Å². The summed E-state index contributed by atoms with van der Waals surface area (Å²) in [5.74, 6) is 0. The molecule has 0 N–H and O–H groups in total. The summed E-state index contributed by atoms with van der Waals surface area (Å²) in [6.45, 7) is 9.07. The monoisotopic (exact) mass is 302 g/mol. The molecule has 1 aromatic carbocycles. The van der Waals surface area contributed by atoms with E-state index in [1.54, 1.807) is 21.5 Å². The molecule has 0 aromatic heterocycles. The molecule has 0 amide bonds. The van der Waals surface area contributed by atoms with E-state index in [0.717, 1.165) is 0 Å². The van der Waals surface area contributed by atoms with Gasteiger partial charge in [0, 0.05) is 0 Å². The molecule has 0 spiro atoms. The minimum Gasteiger partial charge on any atom is -0.0969 e. The third kappa shape index (κ3) is 6.06. The molecule has 0 heterocycles. The van der Waals surface area contributed by atoms with Crippen molar-refractivity contribution in [3.63, 3.8) is 0 Å². The number of hydrogen-bond acceptors (Lipinski definition) is 0. The highest BCUT2D eigenvalue weighted by molar-refractivity contribution is 6.60. The van der Waals surface area contributed by atoms with Crippen molar-refractivity contribution in [2.75, 3.05) is 0 Å². The maximum atomic E-state index is 2.54. The summed E-state index contributed by atoms with van der Waals surface area (Å²) in [6.07, 6.45) is 4.87. The quantitative estimate of drug-likeness (QED) is 0.648. The molecule has 20 heavy (non-hydrogen) atoms. The molecule has 110 valence electrons. The van der Waals surface area contributed by atoms with E-state index in [-0.39, 0.29) is 19.0 Å². The Morgan fingerprint density at radius 1 is 0.700 bits per heavy atom. The van der Waals surface area contributed by atoms with Gasteiger partial charge in [-0.05, 0) is 25.7 Å². The fourth-order valence-corrected chi connectivity index (χ4v) is 5.63. The Hall–Kier alpha value is -0.866. The fraction of sp³-hybridized carbons (Fsp3) is 0.444. The Bertz CT molecular complexity index is 386. The molecule has 1 aromatic rings. The number of allylic oxidation sites excluding steroid dienone is 2. The van der Waals surface area contributed by atoms with Gasteiger partial charge in [-0.3, -0.25) is 0 Å². The summed E-state index contributed by atoms with van der Waals surface area (Å²) in [7, 11) is -0.394. The third-order valence-electron chi connectivity index (χ3n) is 4.09. The lowest BCUT2D eigenvalue weighted by atomic mass is 10.2. The average Bonchev–Trinajstić information content (AvgIpc) is 2.50. The summed E-state index contributed by atoms with van der Waals surface area (Å²) < 4.78 is 0. The zero-order chi connectivity index (χ0) is 14.8. The second-order valence-electron chi connectivity index (χ2n) is 5.36. The second-order valence-corrected chi connectivity index (χ2v) is 8.63. The van der Waals surface area contributed by atoms with E-state index in [1.807, 2.05) is 0 Å². The first-order valence-electron chi connectivity index (χ1n) is 8.16. The van der Waals surface area contributed by atoms with E-state index in [0.29, 0.717) is 0 Å². The number of hydrogen-bond donors (Lipinski definition) is 0. The second kappa shape index (κ2) is 9.95. The summed E-state index contributed by atoms with van der Waals surface area (Å²) in [5, 5.41) is 3.16. The van der Waals surface area contributed by atoms with Gasteiger partial charge in [0.2, 0.25) is 0 Å². The van der Waals surface area contributed by atoms with Crippen molar-refractivity contribution in [1.29, 1.82) is 0 Å². The van der Waals surface area contributed by atoms with Crippen LogP contribution in [-0.2, 0) is 0 Å². The van der Waals surface area contributed by atoms with Gasteiger partial charge in [0.15, 0.2) is 0 Å². The van der Waals surface area contributed by atoms with Crippen molar-refractivity contribution in [2.24, 2.45) is 0 Å². The van der Waals surface area contributed by atoms with Crippen LogP contribution >= 0.6 is 0 Å². The third-order valence-corrected chi connectivity index (χ3v) is 7.54. The van der Waals surface area contributed by atoms with Crippen LogP contribution in [0, 0.1) is 0 Å². The Morgan fingerprint density at radius 2 is 1.00 bits per heavy atom. The molecule has 0 radical (unpaired) electrons. The maximum absolute atomic E-state index is 2.54. The lowest BCUT2D eigenvalue weighted by Gasteiger charge is -2.03. The Balaban J connectivity index is 2.60. The van der Waals surface area contributed by atoms with Crippen molar-refractivity contribution in [3.8, 4) is 0 Å². The van der Waals surface area contributed by atoms with Gasteiger partial charge in [0.05, 0.1) is 19.0 Å². The van der Waals surface area contributed by atoms with Crippen LogP contribution in [-0.4, -0.2) is 19.0 Å². The van der Waals surface area contributed by atoms with Crippen LogP contribution in [0.4, 0.5) is 0 Å². The molecule has 1 rings (SSSR count). The Labute approximate surface area is 130 Å². The lowest BCUT2D eigenvalue weighted by Crippen LogP contribution is -2.19. The molecule has 0 saturated carbocycles. The van der Waals surface area contributed by atoms with E-state index >= 15 is 0 Å². The SMILES string of the molecule is CCC(=C[SiH2]c1ccc([SiH2]C=C(CC)CC)cc1)CC. The van der Waals surface area contributed by atoms with Gasteiger partial charge in [-0.25, -0.2) is 0 Å². The normalized spacial score (nSPS) is 11.4. The van der Waals surface area contributed by atoms with Crippen LogP contribution in [0.5, 0.6) is 0 Å². The van der Waals surface area contributed by atoms with Gasteiger partial charge in [-0.1, -0.05) is 84.9 Å². The van der Waals surface area contributed by atoms with Crippen molar-refractivity contribution in [3.05, 3.63) is 46.8 Å². The first-order valence-corrected chi connectivity index (χ1v) is 11.2. The first kappa shape index (κ1) is 17.2. The zero-order valence-electron chi connectivity index (χ0n) is 13.7. The van der Waals surface area contributed by atoms with Gasteiger partial charge in [-0.15, -0.1) is 0 Å². The molecule has 0 bridgehead atoms. The molecule has 0 atom stereocenters. The maximum Gasteiger partial charge on any atom is 0.0782 e. The minimum atomic E-state index is -0.197. The van der Waals surface area contributed by atoms with Gasteiger partial charge < -0.3 is 0 Å². The Morgan fingerprint density at radius 3 is 1.25 bits per heavy atom. The zero-order valence-corrected chi connectivity index (χ0v) is 16.5. The molecule has 0 aliphatic heterocycles. The van der Waals surface area contributed by atoms with E-state index in [1.165, 1.54) is 25.7 Å². The summed E-state index contributed by atoms with van der Waals surface area (Å²) in [5.41, 5.74) is 8.35. The van der Waals surface area contributed by atoms with E-state index in [9.17, 15) is 0 Å². The van der Waals surface area contributed by atoms with Crippen LogP contribution < -0.4 is 10.4 Å². The van der Waals surface area contributed by atoms with E-state index in [2.05, 4.69) is 63.4 Å². The van der Waals surface area contributed by atoms with E-state index in [4.69, 9.17) is 0 Å². The average molecular weight is 303 g/mol. The topological polar surface area (TPSA) is 0 Å². The fourth-order valence-electron chi connectivity index (χ4n) is 2.41. The summed E-state index contributed by atoms with van der Waals surface area (Å²) in [6, 6.07) is 9.50. The van der Waals surface area contributed by atoms with Gasteiger partial charge >= 0.3 is 0 Å². The molecule has 0 saturated heterocycles. The molecule has 0 unspecified atom stereocenters. The number of rotatable bonds is 8. The molecule has 2 heteroatoms.